The molecule has 25 heavy (non-hydrogen) atoms. The number of carbonyl (C=O) groups excluding carboxylic acids is 1. The molecule has 126 valence electrons. The molecule has 0 unspecified atom stereocenters. The maximum absolute atomic E-state index is 12.4. The lowest BCUT2D eigenvalue weighted by Gasteiger charge is -2.20. The van der Waals surface area contributed by atoms with Crippen LogP contribution in [0, 0.1) is 6.92 Å². The summed E-state index contributed by atoms with van der Waals surface area (Å²) in [6.07, 6.45) is 5.22. The second kappa shape index (κ2) is 8.06. The van der Waals surface area contributed by atoms with Crippen molar-refractivity contribution in [1.82, 2.24) is 20.6 Å². The fourth-order valence-electron chi connectivity index (χ4n) is 2.53. The molecule has 0 radical (unpaired) electrons. The molecule has 0 spiro atoms. The Bertz CT molecular complexity index is 765. The summed E-state index contributed by atoms with van der Waals surface area (Å²) >= 11 is 0. The quantitative estimate of drug-likeness (QED) is 0.753. The first-order valence-electron chi connectivity index (χ1n) is 8.13. The number of amides is 2. The SMILES string of the molecule is Cc1ccc(CNC(=O)N[C@H](c2ccccc2)c2ccncc2)cn1. The average Bonchev–Trinajstić information content (AvgIpc) is 2.67. The minimum absolute atomic E-state index is 0.230. The summed E-state index contributed by atoms with van der Waals surface area (Å²) in [4.78, 5) is 20.7. The van der Waals surface area contributed by atoms with Gasteiger partial charge in [-0.1, -0.05) is 36.4 Å². The zero-order valence-electron chi connectivity index (χ0n) is 14.0. The van der Waals surface area contributed by atoms with Crippen molar-refractivity contribution >= 4 is 6.03 Å². The molecule has 0 aliphatic heterocycles. The second-order valence-electron chi connectivity index (χ2n) is 5.76. The van der Waals surface area contributed by atoms with E-state index in [1.165, 1.54) is 0 Å². The summed E-state index contributed by atoms with van der Waals surface area (Å²) in [5.41, 5.74) is 3.91. The molecule has 3 rings (SSSR count). The van der Waals surface area contributed by atoms with Crippen LogP contribution < -0.4 is 10.6 Å². The number of rotatable bonds is 5. The molecule has 3 aromatic rings. The fourth-order valence-corrected chi connectivity index (χ4v) is 2.53. The van der Waals surface area contributed by atoms with Crippen LogP contribution in [-0.2, 0) is 6.54 Å². The van der Waals surface area contributed by atoms with E-state index < -0.39 is 0 Å². The number of benzene rings is 1. The molecular formula is C20H20N4O. The van der Waals surface area contributed by atoms with Gasteiger partial charge in [0.2, 0.25) is 0 Å². The van der Waals surface area contributed by atoms with Crippen LogP contribution in [0.15, 0.2) is 73.2 Å². The van der Waals surface area contributed by atoms with E-state index in [1.54, 1.807) is 18.6 Å². The third kappa shape index (κ3) is 4.64. The molecular weight excluding hydrogens is 312 g/mol. The van der Waals surface area contributed by atoms with E-state index in [-0.39, 0.29) is 12.1 Å². The summed E-state index contributed by atoms with van der Waals surface area (Å²) < 4.78 is 0. The van der Waals surface area contributed by atoms with Crippen molar-refractivity contribution in [2.24, 2.45) is 0 Å². The smallest absolute Gasteiger partial charge is 0.315 e. The fraction of sp³-hybridized carbons (Fsp3) is 0.150. The highest BCUT2D eigenvalue weighted by Crippen LogP contribution is 2.21. The van der Waals surface area contributed by atoms with Crippen molar-refractivity contribution in [3.05, 3.63) is 95.6 Å². The Kier molecular flexibility index (Phi) is 5.36. The van der Waals surface area contributed by atoms with Crippen molar-refractivity contribution in [2.45, 2.75) is 19.5 Å². The van der Waals surface area contributed by atoms with Crippen LogP contribution in [0.2, 0.25) is 0 Å². The van der Waals surface area contributed by atoms with Gasteiger partial charge in [0.15, 0.2) is 0 Å². The van der Waals surface area contributed by atoms with Gasteiger partial charge < -0.3 is 10.6 Å². The zero-order valence-corrected chi connectivity index (χ0v) is 14.0. The third-order valence-electron chi connectivity index (χ3n) is 3.87. The maximum Gasteiger partial charge on any atom is 0.315 e. The predicted octanol–water partition coefficient (Wildman–Crippen LogP) is 3.37. The van der Waals surface area contributed by atoms with E-state index in [4.69, 9.17) is 0 Å². The Morgan fingerprint density at radius 3 is 2.40 bits per heavy atom. The van der Waals surface area contributed by atoms with Gasteiger partial charge in [0, 0.05) is 30.8 Å². The van der Waals surface area contributed by atoms with Gasteiger partial charge in [0.1, 0.15) is 0 Å². The van der Waals surface area contributed by atoms with Crippen molar-refractivity contribution < 1.29 is 4.79 Å². The van der Waals surface area contributed by atoms with E-state index in [9.17, 15) is 4.79 Å². The first-order valence-corrected chi connectivity index (χ1v) is 8.13. The van der Waals surface area contributed by atoms with Crippen molar-refractivity contribution in [2.75, 3.05) is 0 Å². The first kappa shape index (κ1) is 16.6. The molecule has 0 saturated heterocycles. The highest BCUT2D eigenvalue weighted by molar-refractivity contribution is 5.75. The zero-order chi connectivity index (χ0) is 17.5. The molecule has 2 aromatic heterocycles. The molecule has 0 aliphatic carbocycles. The number of nitrogens with one attached hydrogen (secondary N) is 2. The van der Waals surface area contributed by atoms with Crippen LogP contribution in [0.25, 0.3) is 0 Å². The molecule has 5 nitrogen and oxygen atoms in total. The van der Waals surface area contributed by atoms with Gasteiger partial charge in [0.05, 0.1) is 6.04 Å². The van der Waals surface area contributed by atoms with Crippen LogP contribution in [-0.4, -0.2) is 16.0 Å². The standard InChI is InChI=1S/C20H20N4O/c1-15-7-8-16(13-22-15)14-23-20(25)24-19(17-5-3-2-4-6-17)18-9-11-21-12-10-18/h2-13,19H,14H2,1H3,(H2,23,24,25)/t19-/m1/s1. The molecule has 5 heteroatoms. The van der Waals surface area contributed by atoms with Crippen LogP contribution in [0.5, 0.6) is 0 Å². The molecule has 2 N–H and O–H groups in total. The number of pyridine rings is 2. The number of aryl methyl sites for hydroxylation is 1. The highest BCUT2D eigenvalue weighted by atomic mass is 16.2. The predicted molar refractivity (Wildman–Crippen MR) is 96.9 cm³/mol. The molecule has 1 aromatic carbocycles. The maximum atomic E-state index is 12.4. The largest absolute Gasteiger partial charge is 0.334 e. The number of nitrogens with zero attached hydrogens (tertiary/aromatic N) is 2. The minimum atomic E-state index is -0.236. The number of carbonyl (C=O) groups is 1. The van der Waals surface area contributed by atoms with Gasteiger partial charge in [-0.15, -0.1) is 0 Å². The van der Waals surface area contributed by atoms with Gasteiger partial charge in [0.25, 0.3) is 0 Å². The van der Waals surface area contributed by atoms with Crippen molar-refractivity contribution in [3.8, 4) is 0 Å². The molecule has 0 fully saturated rings. The average molecular weight is 332 g/mol. The van der Waals surface area contributed by atoms with Crippen molar-refractivity contribution in [3.63, 3.8) is 0 Å². The summed E-state index contributed by atoms with van der Waals surface area (Å²) in [5, 5.41) is 5.92. The van der Waals surface area contributed by atoms with E-state index in [0.29, 0.717) is 6.54 Å². The summed E-state index contributed by atoms with van der Waals surface area (Å²) in [5.74, 6) is 0. The molecule has 0 aliphatic rings. The van der Waals surface area contributed by atoms with Crippen molar-refractivity contribution in [1.29, 1.82) is 0 Å². The summed E-state index contributed by atoms with van der Waals surface area (Å²) in [7, 11) is 0. The highest BCUT2D eigenvalue weighted by Gasteiger charge is 2.16. The third-order valence-corrected chi connectivity index (χ3v) is 3.87. The number of aromatic nitrogens is 2. The summed E-state index contributed by atoms with van der Waals surface area (Å²) in [6.45, 7) is 2.36. The van der Waals surface area contributed by atoms with E-state index >= 15 is 0 Å². The Hall–Kier alpha value is -3.21. The lowest BCUT2D eigenvalue weighted by atomic mass is 10.00. The Morgan fingerprint density at radius 2 is 1.72 bits per heavy atom. The van der Waals surface area contributed by atoms with Gasteiger partial charge in [-0.2, -0.15) is 0 Å². The Morgan fingerprint density at radius 1 is 1.00 bits per heavy atom. The van der Waals surface area contributed by atoms with E-state index in [2.05, 4.69) is 20.6 Å². The van der Waals surface area contributed by atoms with Crippen LogP contribution >= 0.6 is 0 Å². The van der Waals surface area contributed by atoms with Gasteiger partial charge >= 0.3 is 6.03 Å². The van der Waals surface area contributed by atoms with Crippen LogP contribution in [0.1, 0.15) is 28.4 Å². The number of urea groups is 1. The van der Waals surface area contributed by atoms with Gasteiger partial charge in [-0.3, -0.25) is 9.97 Å². The second-order valence-corrected chi connectivity index (χ2v) is 5.76. The van der Waals surface area contributed by atoms with Crippen LogP contribution in [0.3, 0.4) is 0 Å². The number of hydrogen-bond acceptors (Lipinski definition) is 3. The molecule has 2 amide bonds. The van der Waals surface area contributed by atoms with Gasteiger partial charge in [-0.25, -0.2) is 4.79 Å². The molecule has 1 atom stereocenters. The summed E-state index contributed by atoms with van der Waals surface area (Å²) in [6, 6.07) is 17.1. The minimum Gasteiger partial charge on any atom is -0.334 e. The van der Waals surface area contributed by atoms with Crippen LogP contribution in [0.4, 0.5) is 4.79 Å². The van der Waals surface area contributed by atoms with Gasteiger partial charge in [-0.05, 0) is 41.8 Å². The number of hydrogen-bond donors (Lipinski definition) is 2. The monoisotopic (exact) mass is 332 g/mol. The van der Waals surface area contributed by atoms with E-state index in [1.807, 2.05) is 61.5 Å². The molecule has 0 saturated carbocycles. The molecule has 2 heterocycles. The topological polar surface area (TPSA) is 66.9 Å². The normalized spacial score (nSPS) is 11.6. The Labute approximate surface area is 147 Å². The first-order chi connectivity index (χ1) is 12.2. The lowest BCUT2D eigenvalue weighted by Crippen LogP contribution is -2.38. The van der Waals surface area contributed by atoms with E-state index in [0.717, 1.165) is 22.4 Å². The molecule has 0 bridgehead atoms. The Balaban J connectivity index is 1.69. The lowest BCUT2D eigenvalue weighted by molar-refractivity contribution is 0.238.